The van der Waals surface area contributed by atoms with Crippen molar-refractivity contribution in [3.05, 3.63) is 55.9 Å². The molecule has 2 N–H and O–H groups in total. The van der Waals surface area contributed by atoms with Crippen molar-refractivity contribution in [2.45, 2.75) is 49.8 Å². The molecule has 1 saturated carbocycles. The highest BCUT2D eigenvalue weighted by molar-refractivity contribution is 8.00. The van der Waals surface area contributed by atoms with Crippen molar-refractivity contribution < 1.29 is 9.72 Å². The molecule has 1 aliphatic carbocycles. The van der Waals surface area contributed by atoms with Gasteiger partial charge in [-0.05, 0) is 18.4 Å². The molecule has 2 heterocycles. The normalized spacial score (nSPS) is 20.7. The number of carbonyl (C=O) groups excluding carboxylic acids is 1. The number of nitrogens with one attached hydrogen (secondary N) is 2. The quantitative estimate of drug-likeness (QED) is 0.461. The van der Waals surface area contributed by atoms with Gasteiger partial charge in [0.2, 0.25) is 5.91 Å². The minimum Gasteiger partial charge on any atom is -0.310 e. The number of nitrogens with zero attached hydrogens (tertiary/aromatic N) is 2. The molecule has 0 spiro atoms. The van der Waals surface area contributed by atoms with Crippen LogP contribution in [0, 0.1) is 10.1 Å². The lowest BCUT2D eigenvalue weighted by Crippen LogP contribution is -2.19. The van der Waals surface area contributed by atoms with E-state index < -0.39 is 10.2 Å². The fraction of sp³-hybridized carbons (Fsp3) is 0.474. The second-order valence-corrected chi connectivity index (χ2v) is 8.40. The maximum Gasteiger partial charge on any atom is 0.270 e. The molecule has 1 amide bonds. The highest BCUT2D eigenvalue weighted by atomic mass is 32.2. The summed E-state index contributed by atoms with van der Waals surface area (Å²) in [6.45, 7) is 0. The zero-order chi connectivity index (χ0) is 19.7. The number of anilines is 1. The van der Waals surface area contributed by atoms with E-state index in [9.17, 15) is 19.7 Å². The van der Waals surface area contributed by atoms with E-state index in [2.05, 4.69) is 10.4 Å². The van der Waals surface area contributed by atoms with Gasteiger partial charge in [0.25, 0.3) is 11.2 Å². The van der Waals surface area contributed by atoms with E-state index in [4.69, 9.17) is 0 Å². The molecule has 1 aromatic carbocycles. The van der Waals surface area contributed by atoms with Crippen LogP contribution < -0.4 is 10.9 Å². The van der Waals surface area contributed by atoms with Crippen molar-refractivity contribution in [3.63, 3.8) is 0 Å². The van der Waals surface area contributed by atoms with E-state index in [1.54, 1.807) is 12.1 Å². The summed E-state index contributed by atoms with van der Waals surface area (Å²) in [4.78, 5) is 36.0. The van der Waals surface area contributed by atoms with E-state index in [1.807, 2.05) is 4.68 Å². The monoisotopic (exact) mass is 402 g/mol. The minimum absolute atomic E-state index is 0.0252. The number of nitro benzene ring substituents is 1. The molecule has 1 aliphatic heterocycles. The van der Waals surface area contributed by atoms with E-state index in [1.165, 1.54) is 36.7 Å². The lowest BCUT2D eigenvalue weighted by Gasteiger charge is -2.19. The van der Waals surface area contributed by atoms with Gasteiger partial charge >= 0.3 is 0 Å². The summed E-state index contributed by atoms with van der Waals surface area (Å²) in [5.41, 5.74) is 0.856. The van der Waals surface area contributed by atoms with E-state index in [0.717, 1.165) is 25.7 Å². The molecular weight excluding hydrogens is 380 g/mol. The first-order chi connectivity index (χ1) is 13.5. The first kappa shape index (κ1) is 18.8. The SMILES string of the molecule is O=C1CSC(c2cccc([N+](=O)[O-])c2)c2c(n(C3CCCCCC3)[nH]c2=O)N1. The maximum absolute atomic E-state index is 12.9. The largest absolute Gasteiger partial charge is 0.310 e. The number of H-pyrrole nitrogens is 1. The number of hydrogen-bond donors (Lipinski definition) is 2. The fourth-order valence-corrected chi connectivity index (χ4v) is 5.21. The van der Waals surface area contributed by atoms with Crippen LogP contribution in [-0.4, -0.2) is 26.4 Å². The number of hydrogen-bond acceptors (Lipinski definition) is 5. The summed E-state index contributed by atoms with van der Waals surface area (Å²) >= 11 is 1.32. The maximum atomic E-state index is 12.9. The number of non-ortho nitro benzene ring substituents is 1. The van der Waals surface area contributed by atoms with Crippen molar-refractivity contribution in [3.8, 4) is 0 Å². The molecule has 4 rings (SSSR count). The standard InChI is InChI=1S/C19H22N4O4S/c24-15-11-28-17(12-6-5-9-14(10-12)23(26)27)16-18(20-15)22(21-19(16)25)13-7-3-1-2-4-8-13/h5-6,9-10,13,17H,1-4,7-8,11H2,(H,20,24)(H,21,25). The average Bonchev–Trinajstić information content (AvgIpc) is 2.90. The summed E-state index contributed by atoms with van der Waals surface area (Å²) in [7, 11) is 0. The van der Waals surface area contributed by atoms with Gasteiger partial charge in [-0.15, -0.1) is 11.8 Å². The van der Waals surface area contributed by atoms with Crippen molar-refractivity contribution >= 4 is 29.2 Å². The Balaban J connectivity index is 1.80. The number of carbonyl (C=O) groups is 1. The summed E-state index contributed by atoms with van der Waals surface area (Å²) in [6, 6.07) is 6.44. The van der Waals surface area contributed by atoms with E-state index in [-0.39, 0.29) is 28.9 Å². The molecule has 148 valence electrons. The van der Waals surface area contributed by atoms with Crippen LogP contribution in [0.25, 0.3) is 0 Å². The molecular formula is C19H22N4O4S. The van der Waals surface area contributed by atoms with Crippen LogP contribution in [0.2, 0.25) is 0 Å². The molecule has 1 atom stereocenters. The molecule has 0 bridgehead atoms. The lowest BCUT2D eigenvalue weighted by atomic mass is 10.0. The Morgan fingerprint density at radius 3 is 2.61 bits per heavy atom. The smallest absolute Gasteiger partial charge is 0.270 e. The van der Waals surface area contributed by atoms with Gasteiger partial charge in [-0.2, -0.15) is 0 Å². The summed E-state index contributed by atoms with van der Waals surface area (Å²) < 4.78 is 1.83. The second-order valence-electron chi connectivity index (χ2n) is 7.31. The Labute approximate surface area is 165 Å². The number of thioether (sulfide) groups is 1. The van der Waals surface area contributed by atoms with Crippen LogP contribution in [-0.2, 0) is 4.79 Å². The Hall–Kier alpha value is -2.55. The van der Waals surface area contributed by atoms with E-state index in [0.29, 0.717) is 16.9 Å². The molecule has 8 nitrogen and oxygen atoms in total. The first-order valence-electron chi connectivity index (χ1n) is 9.55. The van der Waals surface area contributed by atoms with Gasteiger partial charge in [0, 0.05) is 12.1 Å². The van der Waals surface area contributed by atoms with Crippen molar-refractivity contribution in [1.82, 2.24) is 9.78 Å². The molecule has 0 saturated heterocycles. The Kier molecular flexibility index (Phi) is 5.25. The highest BCUT2D eigenvalue weighted by Crippen LogP contribution is 2.42. The van der Waals surface area contributed by atoms with Gasteiger partial charge in [0.15, 0.2) is 0 Å². The Morgan fingerprint density at radius 1 is 1.14 bits per heavy atom. The molecule has 0 radical (unpaired) electrons. The van der Waals surface area contributed by atoms with Crippen molar-refractivity contribution in [2.75, 3.05) is 11.1 Å². The number of benzene rings is 1. The topological polar surface area (TPSA) is 110 Å². The Morgan fingerprint density at radius 2 is 1.89 bits per heavy atom. The molecule has 9 heteroatoms. The number of nitro groups is 1. The van der Waals surface area contributed by atoms with Crippen LogP contribution >= 0.6 is 11.8 Å². The van der Waals surface area contributed by atoms with Crippen LogP contribution in [0.3, 0.4) is 0 Å². The molecule has 1 unspecified atom stereocenters. The third kappa shape index (κ3) is 3.58. The van der Waals surface area contributed by atoms with Gasteiger partial charge in [0.05, 0.1) is 27.5 Å². The molecule has 1 fully saturated rings. The number of rotatable bonds is 3. The first-order valence-corrected chi connectivity index (χ1v) is 10.6. The third-order valence-electron chi connectivity index (χ3n) is 5.44. The minimum atomic E-state index is -0.448. The van der Waals surface area contributed by atoms with Gasteiger partial charge in [-0.1, -0.05) is 37.8 Å². The Bertz CT molecular complexity index is 959. The average molecular weight is 402 g/mol. The number of fused-ring (bicyclic) bond motifs is 1. The van der Waals surface area contributed by atoms with Gasteiger partial charge in [-0.25, -0.2) is 0 Å². The van der Waals surface area contributed by atoms with Gasteiger partial charge in [0.1, 0.15) is 5.82 Å². The second kappa shape index (κ2) is 7.83. The number of aromatic amines is 1. The molecule has 2 aromatic rings. The van der Waals surface area contributed by atoms with Crippen LogP contribution in [0.5, 0.6) is 0 Å². The fourth-order valence-electron chi connectivity index (χ4n) is 4.10. The van der Waals surface area contributed by atoms with Crippen molar-refractivity contribution in [1.29, 1.82) is 0 Å². The predicted molar refractivity (Wildman–Crippen MR) is 108 cm³/mol. The van der Waals surface area contributed by atoms with Crippen LogP contribution in [0.15, 0.2) is 29.1 Å². The highest BCUT2D eigenvalue weighted by Gasteiger charge is 2.32. The van der Waals surface area contributed by atoms with Gasteiger partial charge < -0.3 is 5.32 Å². The van der Waals surface area contributed by atoms with E-state index >= 15 is 0 Å². The summed E-state index contributed by atoms with van der Waals surface area (Å²) in [5, 5.41) is 16.6. The summed E-state index contributed by atoms with van der Waals surface area (Å²) in [5.74, 6) is 0.538. The van der Waals surface area contributed by atoms with Crippen LogP contribution in [0.1, 0.15) is 60.9 Å². The van der Waals surface area contributed by atoms with Crippen molar-refractivity contribution in [2.24, 2.45) is 0 Å². The summed E-state index contributed by atoms with van der Waals surface area (Å²) in [6.07, 6.45) is 6.47. The van der Waals surface area contributed by atoms with Gasteiger partial charge in [-0.3, -0.25) is 29.5 Å². The molecule has 1 aromatic heterocycles. The zero-order valence-corrected chi connectivity index (χ0v) is 16.2. The van der Waals surface area contributed by atoms with Crippen LogP contribution in [0.4, 0.5) is 11.5 Å². The zero-order valence-electron chi connectivity index (χ0n) is 15.3. The predicted octanol–water partition coefficient (Wildman–Crippen LogP) is 3.75. The number of amides is 1. The molecule has 2 aliphatic rings. The lowest BCUT2D eigenvalue weighted by molar-refractivity contribution is -0.384. The molecule has 28 heavy (non-hydrogen) atoms. The third-order valence-corrected chi connectivity index (χ3v) is 6.71. The number of aromatic nitrogens is 2.